The Morgan fingerprint density at radius 1 is 1.43 bits per heavy atom. The van der Waals surface area contributed by atoms with Crippen molar-refractivity contribution in [3.05, 3.63) is 23.0 Å². The van der Waals surface area contributed by atoms with E-state index in [1.165, 1.54) is 5.56 Å². The minimum Gasteiger partial charge on any atom is -0.395 e. The normalized spacial score (nSPS) is 18.7. The molecule has 2 aromatic rings. The van der Waals surface area contributed by atoms with Gasteiger partial charge in [-0.2, -0.15) is 0 Å². The number of aryl methyl sites for hydroxylation is 1. The standard InChI is InChI=1S/C16H22N4O/c1-16(2,3)9-4-5-10-8(6-9)7-11-13(19-10)12(17)14(20-11)15(18)21/h7,9,20H,4-6,17H2,1-3H3,(H2,18,21). The van der Waals surface area contributed by atoms with Gasteiger partial charge in [0.05, 0.1) is 11.2 Å². The van der Waals surface area contributed by atoms with E-state index in [2.05, 4.69) is 36.8 Å². The van der Waals surface area contributed by atoms with Gasteiger partial charge in [0, 0.05) is 5.69 Å². The minimum absolute atomic E-state index is 0.257. The summed E-state index contributed by atoms with van der Waals surface area (Å²) in [5.41, 5.74) is 16.0. The second kappa shape index (κ2) is 4.48. The van der Waals surface area contributed by atoms with E-state index in [-0.39, 0.29) is 5.69 Å². The predicted octanol–water partition coefficient (Wildman–Crippen LogP) is 2.40. The zero-order valence-electron chi connectivity index (χ0n) is 12.8. The molecule has 2 aromatic heterocycles. The lowest BCUT2D eigenvalue weighted by Gasteiger charge is -2.34. The van der Waals surface area contributed by atoms with E-state index in [1.807, 2.05) is 0 Å². The van der Waals surface area contributed by atoms with Crippen LogP contribution in [-0.4, -0.2) is 15.9 Å². The van der Waals surface area contributed by atoms with Crippen LogP contribution < -0.4 is 11.5 Å². The van der Waals surface area contributed by atoms with Gasteiger partial charge in [-0.15, -0.1) is 0 Å². The molecule has 0 spiro atoms. The number of aromatic amines is 1. The molecule has 2 heterocycles. The largest absolute Gasteiger partial charge is 0.395 e. The molecule has 5 nitrogen and oxygen atoms in total. The highest BCUT2D eigenvalue weighted by atomic mass is 16.1. The third-order valence-corrected chi connectivity index (χ3v) is 4.64. The van der Waals surface area contributed by atoms with E-state index >= 15 is 0 Å². The van der Waals surface area contributed by atoms with Crippen molar-refractivity contribution in [2.75, 3.05) is 5.73 Å². The Bertz CT molecular complexity index is 724. The molecule has 5 heteroatoms. The number of pyridine rings is 1. The highest BCUT2D eigenvalue weighted by Gasteiger charge is 2.30. The Morgan fingerprint density at radius 3 is 2.76 bits per heavy atom. The number of nitrogen functional groups attached to an aromatic ring is 1. The lowest BCUT2D eigenvalue weighted by Crippen LogP contribution is -2.27. The van der Waals surface area contributed by atoms with Crippen LogP contribution in [0.3, 0.4) is 0 Å². The van der Waals surface area contributed by atoms with Gasteiger partial charge in [0.2, 0.25) is 0 Å². The Kier molecular flexibility index (Phi) is 2.97. The van der Waals surface area contributed by atoms with Crippen molar-refractivity contribution in [2.45, 2.75) is 40.0 Å². The number of anilines is 1. The molecule has 1 unspecified atom stereocenters. The average Bonchev–Trinajstić information content (AvgIpc) is 2.72. The van der Waals surface area contributed by atoms with Crippen molar-refractivity contribution >= 4 is 22.6 Å². The molecule has 0 saturated heterocycles. The van der Waals surface area contributed by atoms with Crippen LogP contribution in [0.25, 0.3) is 11.0 Å². The van der Waals surface area contributed by atoms with Crippen molar-refractivity contribution in [3.63, 3.8) is 0 Å². The summed E-state index contributed by atoms with van der Waals surface area (Å²) in [7, 11) is 0. The Morgan fingerprint density at radius 2 is 2.14 bits per heavy atom. The number of carbonyl (C=O) groups excluding carboxylic acids is 1. The Labute approximate surface area is 124 Å². The van der Waals surface area contributed by atoms with Crippen LogP contribution in [0.2, 0.25) is 0 Å². The van der Waals surface area contributed by atoms with Crippen LogP contribution in [0.1, 0.15) is 48.9 Å². The zero-order valence-corrected chi connectivity index (χ0v) is 12.8. The first kappa shape index (κ1) is 13.9. The SMILES string of the molecule is CC(C)(C)C1CCc2nc3c(N)c(C(N)=O)[nH]c3cc2C1. The molecular formula is C16H22N4O. The summed E-state index contributed by atoms with van der Waals surface area (Å²) in [5.74, 6) is 0.100. The number of aromatic nitrogens is 2. The zero-order chi connectivity index (χ0) is 15.4. The van der Waals surface area contributed by atoms with Gasteiger partial charge in [0.25, 0.3) is 5.91 Å². The summed E-state index contributed by atoms with van der Waals surface area (Å²) >= 11 is 0. The number of primary amides is 1. The quantitative estimate of drug-likeness (QED) is 0.750. The highest BCUT2D eigenvalue weighted by molar-refractivity contribution is 6.05. The third-order valence-electron chi connectivity index (χ3n) is 4.64. The number of fused-ring (bicyclic) bond motifs is 2. The molecule has 0 aromatic carbocycles. The van der Waals surface area contributed by atoms with Crippen molar-refractivity contribution in [3.8, 4) is 0 Å². The summed E-state index contributed by atoms with van der Waals surface area (Å²) in [4.78, 5) is 19.1. The molecule has 1 atom stereocenters. The van der Waals surface area contributed by atoms with Gasteiger partial charge in [0.15, 0.2) is 0 Å². The topological polar surface area (TPSA) is 97.8 Å². The molecule has 1 amide bonds. The van der Waals surface area contributed by atoms with Crippen LogP contribution in [0.5, 0.6) is 0 Å². The summed E-state index contributed by atoms with van der Waals surface area (Å²) in [6.45, 7) is 6.85. The maximum absolute atomic E-state index is 11.4. The van der Waals surface area contributed by atoms with Gasteiger partial charge in [-0.3, -0.25) is 4.79 Å². The van der Waals surface area contributed by atoms with Gasteiger partial charge < -0.3 is 16.5 Å². The van der Waals surface area contributed by atoms with Gasteiger partial charge in [0.1, 0.15) is 11.2 Å². The smallest absolute Gasteiger partial charge is 0.267 e. The lowest BCUT2D eigenvalue weighted by atomic mass is 9.71. The highest BCUT2D eigenvalue weighted by Crippen LogP contribution is 2.38. The number of nitrogens with zero attached hydrogens (tertiary/aromatic N) is 1. The van der Waals surface area contributed by atoms with Crippen LogP contribution in [0.4, 0.5) is 5.69 Å². The van der Waals surface area contributed by atoms with Gasteiger partial charge in [-0.05, 0) is 42.2 Å². The maximum Gasteiger partial charge on any atom is 0.267 e. The molecule has 0 bridgehead atoms. The van der Waals surface area contributed by atoms with Crippen LogP contribution in [0.15, 0.2) is 6.07 Å². The number of nitrogens with one attached hydrogen (secondary N) is 1. The number of rotatable bonds is 1. The summed E-state index contributed by atoms with van der Waals surface area (Å²) in [5, 5.41) is 0. The minimum atomic E-state index is -0.545. The Balaban J connectivity index is 2.08. The van der Waals surface area contributed by atoms with E-state index in [0.29, 0.717) is 22.5 Å². The average molecular weight is 286 g/mol. The predicted molar refractivity (Wildman–Crippen MR) is 84.0 cm³/mol. The number of H-pyrrole nitrogens is 1. The van der Waals surface area contributed by atoms with Gasteiger partial charge in [-0.1, -0.05) is 20.8 Å². The van der Waals surface area contributed by atoms with E-state index in [1.54, 1.807) is 0 Å². The molecule has 5 N–H and O–H groups in total. The van der Waals surface area contributed by atoms with E-state index in [9.17, 15) is 4.79 Å². The first-order valence-electron chi connectivity index (χ1n) is 7.37. The molecule has 0 fully saturated rings. The molecule has 1 aliphatic carbocycles. The molecule has 21 heavy (non-hydrogen) atoms. The van der Waals surface area contributed by atoms with Gasteiger partial charge >= 0.3 is 0 Å². The molecule has 3 rings (SSSR count). The van der Waals surface area contributed by atoms with Crippen LogP contribution in [0, 0.1) is 11.3 Å². The fourth-order valence-corrected chi connectivity index (χ4v) is 3.22. The second-order valence-corrected chi connectivity index (χ2v) is 7.07. The summed E-state index contributed by atoms with van der Waals surface area (Å²) in [6.07, 6.45) is 3.12. The van der Waals surface area contributed by atoms with Crippen molar-refractivity contribution < 1.29 is 4.79 Å². The van der Waals surface area contributed by atoms with Crippen LogP contribution >= 0.6 is 0 Å². The molecule has 0 aliphatic heterocycles. The number of carbonyl (C=O) groups is 1. The molecule has 1 aliphatic rings. The number of hydrogen-bond donors (Lipinski definition) is 3. The number of hydrogen-bond acceptors (Lipinski definition) is 3. The first-order valence-corrected chi connectivity index (χ1v) is 7.37. The fraction of sp³-hybridized carbons (Fsp3) is 0.500. The van der Waals surface area contributed by atoms with E-state index in [0.717, 1.165) is 30.5 Å². The van der Waals surface area contributed by atoms with Crippen molar-refractivity contribution in [1.29, 1.82) is 0 Å². The van der Waals surface area contributed by atoms with E-state index < -0.39 is 5.91 Å². The van der Waals surface area contributed by atoms with Crippen molar-refractivity contribution in [1.82, 2.24) is 9.97 Å². The summed E-state index contributed by atoms with van der Waals surface area (Å²) < 4.78 is 0. The molecule has 0 saturated carbocycles. The van der Waals surface area contributed by atoms with E-state index in [4.69, 9.17) is 11.5 Å². The van der Waals surface area contributed by atoms with Gasteiger partial charge in [-0.25, -0.2) is 4.98 Å². The molecule has 0 radical (unpaired) electrons. The fourth-order valence-electron chi connectivity index (χ4n) is 3.22. The van der Waals surface area contributed by atoms with Crippen LogP contribution in [-0.2, 0) is 12.8 Å². The Hall–Kier alpha value is -2.04. The monoisotopic (exact) mass is 286 g/mol. The maximum atomic E-state index is 11.4. The lowest BCUT2D eigenvalue weighted by molar-refractivity contribution is 0.0997. The molecule has 112 valence electrons. The van der Waals surface area contributed by atoms with Crippen molar-refractivity contribution in [2.24, 2.45) is 17.1 Å². The molecular weight excluding hydrogens is 264 g/mol. The number of nitrogens with two attached hydrogens (primary N) is 2. The number of amides is 1. The third kappa shape index (κ3) is 2.26. The summed E-state index contributed by atoms with van der Waals surface area (Å²) in [6, 6.07) is 2.08. The first-order chi connectivity index (χ1) is 9.77. The second-order valence-electron chi connectivity index (χ2n) is 7.07.